The molecule has 2 amide bonds. The molecule has 1 aliphatic rings. The molecule has 8 N–H and O–H groups in total. The molecule has 0 aliphatic carbocycles. The Morgan fingerprint density at radius 1 is 0.658 bits per heavy atom. The summed E-state index contributed by atoms with van der Waals surface area (Å²) in [5, 5.41) is 46.4. The zero-order valence-corrected chi connectivity index (χ0v) is 48.3. The highest BCUT2D eigenvalue weighted by Crippen LogP contribution is 2.25. The molecular formula is C58H84N6O13S2. The van der Waals surface area contributed by atoms with Crippen molar-refractivity contribution in [2.75, 3.05) is 39.4 Å². The first kappa shape index (κ1) is 69.1. The number of carbonyl (C=O) groups excluding carboxylic acids is 2. The molecule has 0 spiro atoms. The van der Waals surface area contributed by atoms with Gasteiger partial charge in [-0.15, -0.1) is 0 Å². The fourth-order valence-corrected chi connectivity index (χ4v) is 11.7. The quantitative estimate of drug-likeness (QED) is 0.0470. The minimum absolute atomic E-state index is 0. The predicted molar refractivity (Wildman–Crippen MR) is 302 cm³/mol. The molecule has 1 saturated heterocycles. The van der Waals surface area contributed by atoms with Gasteiger partial charge in [0.2, 0.25) is 20.0 Å². The van der Waals surface area contributed by atoms with Crippen molar-refractivity contribution >= 4 is 32.2 Å². The SMILES string of the molecule is CCC(CCC#N)CN(CC(O)[C@H](Cc1ccccc1)NC(=O)OC(C)(C)C)S(=O)(=O)c1ccc(C)cc1.CCC(CCC#N)CN(CC(O)[C@H](Cc1ccccc1)NC(=O)OC1CCOC1)S(=O)(=O)c1ccc(C)cc1.O.O. The van der Waals surface area contributed by atoms with Crippen LogP contribution < -0.4 is 10.6 Å². The number of sulfonamides is 2. The van der Waals surface area contributed by atoms with E-state index in [4.69, 9.17) is 24.7 Å². The van der Waals surface area contributed by atoms with E-state index in [9.17, 15) is 36.6 Å². The van der Waals surface area contributed by atoms with Crippen molar-refractivity contribution in [3.8, 4) is 12.1 Å². The Labute approximate surface area is 468 Å². The van der Waals surface area contributed by atoms with Gasteiger partial charge in [0.25, 0.3) is 0 Å². The first-order valence-corrected chi connectivity index (χ1v) is 29.3. The summed E-state index contributed by atoms with van der Waals surface area (Å²) in [6.45, 7) is 13.6. The Morgan fingerprint density at radius 2 is 1.05 bits per heavy atom. The van der Waals surface area contributed by atoms with Gasteiger partial charge in [0.1, 0.15) is 11.7 Å². The second-order valence-electron chi connectivity index (χ2n) is 20.6. The van der Waals surface area contributed by atoms with Crippen molar-refractivity contribution in [2.24, 2.45) is 11.8 Å². The van der Waals surface area contributed by atoms with Gasteiger partial charge >= 0.3 is 12.2 Å². The number of carbonyl (C=O) groups is 2. The summed E-state index contributed by atoms with van der Waals surface area (Å²) in [6.07, 6.45) is 0.0645. The maximum absolute atomic E-state index is 13.8. The number of rotatable bonds is 27. The third-order valence-corrected chi connectivity index (χ3v) is 16.9. The van der Waals surface area contributed by atoms with E-state index in [1.165, 1.54) is 8.61 Å². The molecule has 79 heavy (non-hydrogen) atoms. The Morgan fingerprint density at radius 3 is 1.39 bits per heavy atom. The van der Waals surface area contributed by atoms with Crippen molar-refractivity contribution < 1.29 is 61.8 Å². The highest BCUT2D eigenvalue weighted by molar-refractivity contribution is 7.89. The highest BCUT2D eigenvalue weighted by Gasteiger charge is 2.35. The third kappa shape index (κ3) is 23.7. The molecule has 4 aromatic carbocycles. The van der Waals surface area contributed by atoms with Gasteiger partial charge in [-0.25, -0.2) is 26.4 Å². The zero-order chi connectivity index (χ0) is 56.6. The molecule has 4 aromatic rings. The van der Waals surface area contributed by atoms with Crippen LogP contribution in [-0.4, -0.2) is 134 Å². The van der Waals surface area contributed by atoms with Crippen LogP contribution >= 0.6 is 0 Å². The molecule has 1 aliphatic heterocycles. The number of hydrogen-bond acceptors (Lipinski definition) is 13. The molecule has 21 heteroatoms. The van der Waals surface area contributed by atoms with Gasteiger partial charge < -0.3 is 46.0 Å². The van der Waals surface area contributed by atoms with Crippen molar-refractivity contribution in [1.29, 1.82) is 10.5 Å². The number of nitrogens with zero attached hydrogens (tertiary/aromatic N) is 4. The van der Waals surface area contributed by atoms with Crippen LogP contribution in [0, 0.1) is 48.3 Å². The average molecular weight is 1140 g/mol. The Balaban J connectivity index is 0.000000527. The van der Waals surface area contributed by atoms with E-state index < -0.39 is 62.1 Å². The number of amides is 2. The number of nitriles is 2. The van der Waals surface area contributed by atoms with E-state index in [0.717, 1.165) is 22.3 Å². The number of nitrogens with one attached hydrogen (secondary N) is 2. The molecule has 0 bridgehead atoms. The molecule has 0 radical (unpaired) electrons. The van der Waals surface area contributed by atoms with Gasteiger partial charge in [-0.2, -0.15) is 19.1 Å². The minimum Gasteiger partial charge on any atom is -0.444 e. The number of ether oxygens (including phenoxy) is 3. The number of aliphatic hydroxyl groups is 2. The fraction of sp³-hybridized carbons (Fsp3) is 0.517. The topological polar surface area (TPSA) is 312 Å². The van der Waals surface area contributed by atoms with Crippen LogP contribution in [0.15, 0.2) is 119 Å². The van der Waals surface area contributed by atoms with E-state index in [1.807, 2.05) is 88.4 Å². The second kappa shape index (κ2) is 34.2. The summed E-state index contributed by atoms with van der Waals surface area (Å²) < 4.78 is 73.7. The van der Waals surface area contributed by atoms with Gasteiger partial charge in [0, 0.05) is 45.4 Å². The summed E-state index contributed by atoms with van der Waals surface area (Å²) in [5.41, 5.74) is 2.88. The van der Waals surface area contributed by atoms with E-state index in [2.05, 4.69) is 22.8 Å². The molecule has 7 atom stereocenters. The average Bonchev–Trinajstić information content (AvgIpc) is 3.91. The number of hydrogen-bond donors (Lipinski definition) is 4. The smallest absolute Gasteiger partial charge is 0.407 e. The standard InChI is InChI=1S/C29H39N3O6S.C29H41N3O5S.2H2O/c1-3-23(10-7-16-30)19-32(39(35,36)26-13-11-22(2)12-14-26)20-28(33)27(18-24-8-5-4-6-9-24)31-29(34)38-25-15-17-37-21-25;1-6-23(13-10-18-30)20-32(38(35,36)25-16-14-22(2)15-17-25)21-27(33)26(19-24-11-8-7-9-12-24)31-28(34)37-29(3,4)5;;/h4-6,8-9,11-14,23,25,27-28,33H,3,7,10,15,17-21H2,1-2H3,(H,31,34);7-9,11-12,14-17,23,26-27,33H,6,10,13,19-21H2,1-5H3,(H,31,34);2*1H2/t23?,25?,27-,28?;23?,26-,27?;;/m00../s1. The summed E-state index contributed by atoms with van der Waals surface area (Å²) in [4.78, 5) is 25.6. The normalized spacial score (nSPS) is 15.7. The van der Waals surface area contributed by atoms with Gasteiger partial charge in [-0.05, 0) is 108 Å². The summed E-state index contributed by atoms with van der Waals surface area (Å²) in [7, 11) is -7.93. The maximum Gasteiger partial charge on any atom is 0.407 e. The summed E-state index contributed by atoms with van der Waals surface area (Å²) >= 11 is 0. The Bertz CT molecular complexity index is 2710. The molecule has 0 aromatic heterocycles. The molecule has 19 nitrogen and oxygen atoms in total. The van der Waals surface area contributed by atoms with Crippen molar-refractivity contribution in [2.45, 2.75) is 152 Å². The number of alkyl carbamates (subject to hydrolysis) is 2. The van der Waals surface area contributed by atoms with Gasteiger partial charge in [-0.3, -0.25) is 0 Å². The van der Waals surface area contributed by atoms with Crippen molar-refractivity contribution in [3.05, 3.63) is 131 Å². The number of aryl methyl sites for hydroxylation is 2. The van der Waals surface area contributed by atoms with E-state index in [-0.39, 0.29) is 77.7 Å². The zero-order valence-electron chi connectivity index (χ0n) is 46.7. The molecule has 436 valence electrons. The lowest BCUT2D eigenvalue weighted by molar-refractivity contribution is 0.0398. The molecule has 5 unspecified atom stereocenters. The van der Waals surface area contributed by atoms with Crippen LogP contribution in [0.3, 0.4) is 0 Å². The monoisotopic (exact) mass is 1140 g/mol. The second-order valence-corrected chi connectivity index (χ2v) is 24.5. The van der Waals surface area contributed by atoms with Crippen LogP contribution in [0.25, 0.3) is 0 Å². The minimum atomic E-state index is -3.97. The highest BCUT2D eigenvalue weighted by atomic mass is 32.2. The largest absolute Gasteiger partial charge is 0.444 e. The number of aliphatic hydroxyl groups excluding tert-OH is 2. The van der Waals surface area contributed by atoms with Crippen LogP contribution in [0.5, 0.6) is 0 Å². The van der Waals surface area contributed by atoms with Crippen LogP contribution in [-0.2, 0) is 47.1 Å². The van der Waals surface area contributed by atoms with Gasteiger partial charge in [0.05, 0.1) is 59.4 Å². The van der Waals surface area contributed by atoms with Gasteiger partial charge in [0.15, 0.2) is 0 Å². The summed E-state index contributed by atoms with van der Waals surface area (Å²) in [5.74, 6) is -0.126. The lowest BCUT2D eigenvalue weighted by Crippen LogP contribution is -2.52. The molecule has 5 rings (SSSR count). The Kier molecular flexibility index (Phi) is 29.9. The molecular weight excluding hydrogens is 1050 g/mol. The van der Waals surface area contributed by atoms with Crippen molar-refractivity contribution in [3.63, 3.8) is 0 Å². The molecule has 1 heterocycles. The van der Waals surface area contributed by atoms with E-state index in [1.54, 1.807) is 69.3 Å². The van der Waals surface area contributed by atoms with Crippen molar-refractivity contribution in [1.82, 2.24) is 19.2 Å². The molecule has 1 fully saturated rings. The Hall–Kier alpha value is -5.98. The predicted octanol–water partition coefficient (Wildman–Crippen LogP) is 6.97. The first-order valence-electron chi connectivity index (χ1n) is 26.4. The van der Waals surface area contributed by atoms with Crippen LogP contribution in [0.4, 0.5) is 9.59 Å². The van der Waals surface area contributed by atoms with Crippen LogP contribution in [0.2, 0.25) is 0 Å². The lowest BCUT2D eigenvalue weighted by atomic mass is 9.99. The van der Waals surface area contributed by atoms with Gasteiger partial charge in [-0.1, -0.05) is 123 Å². The molecule has 0 saturated carbocycles. The summed E-state index contributed by atoms with van der Waals surface area (Å²) in [6, 6.07) is 34.5. The van der Waals surface area contributed by atoms with E-state index >= 15 is 0 Å². The third-order valence-electron chi connectivity index (χ3n) is 13.2. The number of benzene rings is 4. The lowest BCUT2D eigenvalue weighted by Gasteiger charge is -2.32. The first-order chi connectivity index (χ1) is 36.6. The van der Waals surface area contributed by atoms with E-state index in [0.29, 0.717) is 58.2 Å². The maximum atomic E-state index is 13.8. The van der Waals surface area contributed by atoms with Crippen LogP contribution in [0.1, 0.15) is 102 Å². The fourth-order valence-electron chi connectivity index (χ4n) is 8.60.